The van der Waals surface area contributed by atoms with E-state index in [2.05, 4.69) is 0 Å². The molecule has 0 fully saturated rings. The molecule has 0 aromatic heterocycles. The van der Waals surface area contributed by atoms with Gasteiger partial charge >= 0.3 is 0 Å². The molecule has 0 spiro atoms. The van der Waals surface area contributed by atoms with Gasteiger partial charge in [-0.05, 0) is 42.5 Å². The quantitative estimate of drug-likeness (QED) is 0.796. The van der Waals surface area contributed by atoms with Gasteiger partial charge in [-0.15, -0.1) is 0 Å². The Morgan fingerprint density at radius 1 is 1.12 bits per heavy atom. The molecular weight excluding hydrogens is 227 g/mol. The highest BCUT2D eigenvalue weighted by Gasteiger charge is 2.23. The van der Waals surface area contributed by atoms with Crippen molar-refractivity contribution in [2.45, 2.75) is 19.3 Å². The van der Waals surface area contributed by atoms with Gasteiger partial charge in [-0.2, -0.15) is 0 Å². The van der Waals surface area contributed by atoms with Crippen molar-refractivity contribution in [1.29, 1.82) is 0 Å². The second kappa shape index (κ2) is 4.01. The molecule has 86 valence electrons. The highest BCUT2D eigenvalue weighted by Crippen LogP contribution is 2.36. The lowest BCUT2D eigenvalue weighted by atomic mass is 10.1. The molecule has 2 nitrogen and oxygen atoms in total. The maximum atomic E-state index is 12.8. The highest BCUT2D eigenvalue weighted by molar-refractivity contribution is 7.94. The van der Waals surface area contributed by atoms with Crippen molar-refractivity contribution in [3.05, 3.63) is 40.6 Å². The average molecular weight is 240 g/mol. The first-order valence-corrected chi connectivity index (χ1v) is 7.05. The van der Waals surface area contributed by atoms with Crippen LogP contribution in [0.15, 0.2) is 29.2 Å². The second-order valence-corrected chi connectivity index (χ2v) is 6.07. The zero-order chi connectivity index (χ0) is 11.8. The molecule has 2 rings (SSSR count). The molecule has 1 aliphatic carbocycles. The predicted octanol–water partition coefficient (Wildman–Crippen LogP) is 2.77. The van der Waals surface area contributed by atoms with E-state index >= 15 is 0 Å². The van der Waals surface area contributed by atoms with Crippen LogP contribution in [-0.2, 0) is 9.84 Å². The summed E-state index contributed by atoms with van der Waals surface area (Å²) < 4.78 is 35.9. The van der Waals surface area contributed by atoms with Crippen LogP contribution in [0, 0.1) is 5.82 Å². The van der Waals surface area contributed by atoms with Crippen molar-refractivity contribution in [1.82, 2.24) is 0 Å². The van der Waals surface area contributed by atoms with Crippen LogP contribution in [0.1, 0.15) is 24.8 Å². The van der Waals surface area contributed by atoms with Crippen LogP contribution >= 0.6 is 0 Å². The molecule has 4 heteroatoms. The van der Waals surface area contributed by atoms with E-state index < -0.39 is 9.84 Å². The summed E-state index contributed by atoms with van der Waals surface area (Å²) in [5.41, 5.74) is 1.67. The van der Waals surface area contributed by atoms with E-state index in [0.29, 0.717) is 11.3 Å². The van der Waals surface area contributed by atoms with Gasteiger partial charge in [0.05, 0.1) is 0 Å². The SMILES string of the molecule is CS(=O)(=O)C1=C(c2ccc(F)cc2)CCC1. The van der Waals surface area contributed by atoms with E-state index in [-0.39, 0.29) is 5.82 Å². The molecule has 0 aliphatic heterocycles. The van der Waals surface area contributed by atoms with Crippen LogP contribution in [0.5, 0.6) is 0 Å². The zero-order valence-corrected chi connectivity index (χ0v) is 9.85. The number of rotatable bonds is 2. The van der Waals surface area contributed by atoms with Gasteiger partial charge in [0.15, 0.2) is 9.84 Å². The predicted molar refractivity (Wildman–Crippen MR) is 62.0 cm³/mol. The topological polar surface area (TPSA) is 34.1 Å². The molecule has 0 saturated carbocycles. The van der Waals surface area contributed by atoms with Gasteiger partial charge in [-0.25, -0.2) is 12.8 Å². The van der Waals surface area contributed by atoms with Crippen molar-refractivity contribution in [3.8, 4) is 0 Å². The molecule has 1 aromatic carbocycles. The minimum Gasteiger partial charge on any atom is -0.224 e. The van der Waals surface area contributed by atoms with Crippen molar-refractivity contribution in [3.63, 3.8) is 0 Å². The normalized spacial score (nSPS) is 16.9. The van der Waals surface area contributed by atoms with Gasteiger partial charge in [0.1, 0.15) is 5.82 Å². The van der Waals surface area contributed by atoms with Crippen LogP contribution in [0.2, 0.25) is 0 Å². The number of hydrogen-bond donors (Lipinski definition) is 0. The number of benzene rings is 1. The fourth-order valence-corrected chi connectivity index (χ4v) is 3.26. The Labute approximate surface area is 94.7 Å². The van der Waals surface area contributed by atoms with E-state index in [1.54, 1.807) is 12.1 Å². The third-order valence-corrected chi connectivity index (χ3v) is 4.15. The lowest BCUT2D eigenvalue weighted by Gasteiger charge is -2.05. The first-order chi connectivity index (χ1) is 7.48. The molecule has 0 atom stereocenters. The maximum absolute atomic E-state index is 12.8. The van der Waals surface area contributed by atoms with Gasteiger partial charge < -0.3 is 0 Å². The standard InChI is InChI=1S/C12H13FO2S/c1-16(14,15)12-4-2-3-11(12)9-5-7-10(13)8-6-9/h5-8H,2-4H2,1H3. The number of halogens is 1. The van der Waals surface area contributed by atoms with Crippen molar-refractivity contribution in [2.75, 3.05) is 6.26 Å². The Bertz CT molecular complexity index is 527. The summed E-state index contributed by atoms with van der Waals surface area (Å²) in [7, 11) is -3.12. The number of allylic oxidation sites excluding steroid dienone is 2. The van der Waals surface area contributed by atoms with E-state index in [0.717, 1.165) is 24.0 Å². The molecule has 0 radical (unpaired) electrons. The van der Waals surface area contributed by atoms with Crippen LogP contribution in [0.3, 0.4) is 0 Å². The molecule has 1 aromatic rings. The Kier molecular flexibility index (Phi) is 2.84. The molecule has 0 unspecified atom stereocenters. The van der Waals surface area contributed by atoms with E-state index in [1.807, 2.05) is 0 Å². The summed E-state index contributed by atoms with van der Waals surface area (Å²) in [5.74, 6) is -0.303. The number of sulfone groups is 1. The van der Waals surface area contributed by atoms with E-state index in [1.165, 1.54) is 18.4 Å². The van der Waals surface area contributed by atoms with Gasteiger partial charge in [0.25, 0.3) is 0 Å². The average Bonchev–Trinajstić information content (AvgIpc) is 2.66. The minimum atomic E-state index is -3.12. The van der Waals surface area contributed by atoms with Crippen molar-refractivity contribution in [2.24, 2.45) is 0 Å². The van der Waals surface area contributed by atoms with Gasteiger partial charge in [-0.3, -0.25) is 0 Å². The molecular formula is C12H13FO2S. The number of hydrogen-bond acceptors (Lipinski definition) is 2. The molecule has 0 heterocycles. The van der Waals surface area contributed by atoms with Crippen molar-refractivity contribution < 1.29 is 12.8 Å². The molecule has 16 heavy (non-hydrogen) atoms. The Balaban J connectivity index is 2.51. The van der Waals surface area contributed by atoms with Crippen LogP contribution in [0.25, 0.3) is 5.57 Å². The van der Waals surface area contributed by atoms with Gasteiger partial charge in [0, 0.05) is 11.2 Å². The monoisotopic (exact) mass is 240 g/mol. The molecule has 0 bridgehead atoms. The summed E-state index contributed by atoms with van der Waals surface area (Å²) in [6.07, 6.45) is 3.45. The third kappa shape index (κ3) is 2.16. The molecule has 0 amide bonds. The van der Waals surface area contributed by atoms with E-state index in [9.17, 15) is 12.8 Å². The van der Waals surface area contributed by atoms with E-state index in [4.69, 9.17) is 0 Å². The van der Waals surface area contributed by atoms with Crippen LogP contribution in [0.4, 0.5) is 4.39 Å². The van der Waals surface area contributed by atoms with Crippen LogP contribution in [-0.4, -0.2) is 14.7 Å². The minimum absolute atomic E-state index is 0.303. The summed E-state index contributed by atoms with van der Waals surface area (Å²) >= 11 is 0. The third-order valence-electron chi connectivity index (χ3n) is 2.81. The fourth-order valence-electron chi connectivity index (χ4n) is 2.08. The van der Waals surface area contributed by atoms with Gasteiger partial charge in [0.2, 0.25) is 0 Å². The Morgan fingerprint density at radius 3 is 2.31 bits per heavy atom. The summed E-state index contributed by atoms with van der Waals surface area (Å²) in [4.78, 5) is 0.513. The second-order valence-electron chi connectivity index (χ2n) is 4.03. The summed E-state index contributed by atoms with van der Waals surface area (Å²) in [6, 6.07) is 6.00. The Hall–Kier alpha value is -1.16. The highest BCUT2D eigenvalue weighted by atomic mass is 32.2. The molecule has 0 saturated heterocycles. The van der Waals surface area contributed by atoms with Gasteiger partial charge in [-0.1, -0.05) is 12.1 Å². The lowest BCUT2D eigenvalue weighted by molar-refractivity contribution is 0.606. The fraction of sp³-hybridized carbons (Fsp3) is 0.333. The first-order valence-electron chi connectivity index (χ1n) is 5.16. The maximum Gasteiger partial charge on any atom is 0.172 e. The molecule has 1 aliphatic rings. The Morgan fingerprint density at radius 2 is 1.75 bits per heavy atom. The first kappa shape index (κ1) is 11.3. The summed E-state index contributed by atoms with van der Waals surface area (Å²) in [5, 5.41) is 0. The summed E-state index contributed by atoms with van der Waals surface area (Å²) in [6.45, 7) is 0. The molecule has 0 N–H and O–H groups in total. The van der Waals surface area contributed by atoms with Crippen molar-refractivity contribution >= 4 is 15.4 Å². The largest absolute Gasteiger partial charge is 0.224 e. The lowest BCUT2D eigenvalue weighted by Crippen LogP contribution is -2.00. The van der Waals surface area contributed by atoms with Crippen LogP contribution < -0.4 is 0 Å². The smallest absolute Gasteiger partial charge is 0.172 e. The zero-order valence-electron chi connectivity index (χ0n) is 9.03.